The highest BCUT2D eigenvalue weighted by atomic mass is 16.5. The summed E-state index contributed by atoms with van der Waals surface area (Å²) in [5.74, 6) is -0.742. The first kappa shape index (κ1) is 7.73. The highest BCUT2D eigenvalue weighted by Gasteiger charge is 2.64. The zero-order valence-corrected chi connectivity index (χ0v) is 6.78. The van der Waals surface area contributed by atoms with E-state index >= 15 is 0 Å². The molecule has 3 atom stereocenters. The Bertz CT molecular complexity index is 235. The minimum atomic E-state index is -0.300. The molecule has 1 saturated carbocycles. The molecule has 12 heavy (non-hydrogen) atoms. The number of carbonyl (C=O) groups excluding carboxylic acids is 2. The fourth-order valence-electron chi connectivity index (χ4n) is 1.67. The molecule has 0 N–H and O–H groups in total. The Balaban J connectivity index is 1.94. The van der Waals surface area contributed by atoms with Crippen LogP contribution >= 0.6 is 0 Å². The largest absolute Gasteiger partial charge is 0.466 e. The second kappa shape index (κ2) is 2.55. The van der Waals surface area contributed by atoms with E-state index < -0.39 is 0 Å². The summed E-state index contributed by atoms with van der Waals surface area (Å²) in [6.45, 7) is 2.28. The maximum Gasteiger partial charge on any atom is 0.312 e. The predicted octanol–water partition coefficient (Wildman–Crippen LogP) is -0.237. The summed E-state index contributed by atoms with van der Waals surface area (Å²) < 4.78 is 9.85. The van der Waals surface area contributed by atoms with Gasteiger partial charge in [0.25, 0.3) is 0 Å². The molecule has 0 radical (unpaired) electrons. The Hall–Kier alpha value is -0.900. The van der Waals surface area contributed by atoms with Gasteiger partial charge in [0.2, 0.25) is 0 Å². The van der Waals surface area contributed by atoms with Gasteiger partial charge < -0.3 is 9.47 Å². The smallest absolute Gasteiger partial charge is 0.312 e. The summed E-state index contributed by atoms with van der Waals surface area (Å²) in [5, 5.41) is 0. The van der Waals surface area contributed by atoms with Gasteiger partial charge in [0.1, 0.15) is 6.61 Å². The van der Waals surface area contributed by atoms with Crippen molar-refractivity contribution in [2.24, 2.45) is 11.8 Å². The molecule has 0 amide bonds. The number of hydrogen-bond acceptors (Lipinski definition) is 4. The number of ether oxygens (including phenoxy) is 2. The summed E-state index contributed by atoms with van der Waals surface area (Å²) in [4.78, 5) is 22.1. The normalized spacial score (nSPS) is 37.8. The van der Waals surface area contributed by atoms with E-state index in [2.05, 4.69) is 0 Å². The predicted molar refractivity (Wildman–Crippen MR) is 38.4 cm³/mol. The fraction of sp³-hybridized carbons (Fsp3) is 0.750. The maximum atomic E-state index is 11.1. The maximum absolute atomic E-state index is 11.1. The molecule has 66 valence electrons. The van der Waals surface area contributed by atoms with Crippen LogP contribution in [-0.2, 0) is 19.1 Å². The van der Waals surface area contributed by atoms with E-state index in [4.69, 9.17) is 9.47 Å². The molecule has 0 spiro atoms. The van der Waals surface area contributed by atoms with E-state index in [1.807, 2.05) is 0 Å². The first-order valence-corrected chi connectivity index (χ1v) is 4.06. The summed E-state index contributed by atoms with van der Waals surface area (Å²) in [6.07, 6.45) is -0.170. The van der Waals surface area contributed by atoms with Gasteiger partial charge in [-0.25, -0.2) is 0 Å². The van der Waals surface area contributed by atoms with E-state index in [9.17, 15) is 9.59 Å². The van der Waals surface area contributed by atoms with Gasteiger partial charge in [0.15, 0.2) is 5.78 Å². The highest BCUT2D eigenvalue weighted by Crippen LogP contribution is 2.47. The van der Waals surface area contributed by atoms with Crippen LogP contribution in [0.15, 0.2) is 0 Å². The van der Waals surface area contributed by atoms with Gasteiger partial charge in [-0.05, 0) is 6.92 Å². The van der Waals surface area contributed by atoms with Gasteiger partial charge >= 0.3 is 5.97 Å². The van der Waals surface area contributed by atoms with Gasteiger partial charge in [-0.1, -0.05) is 0 Å². The number of fused-ring (bicyclic) bond motifs is 1. The number of esters is 1. The zero-order chi connectivity index (χ0) is 8.72. The van der Waals surface area contributed by atoms with Gasteiger partial charge in [0.05, 0.1) is 24.5 Å². The topological polar surface area (TPSA) is 52.6 Å². The summed E-state index contributed by atoms with van der Waals surface area (Å²) in [5.41, 5.74) is 0. The SMILES string of the molecule is CCOC(=O)[C@@H]1[C@H]2OCC(=O)[C@H]21. The third-order valence-electron chi connectivity index (χ3n) is 2.30. The standard InChI is InChI=1S/C8H10O4/c1-2-11-8(10)6-5-4(9)3-12-7(5)6/h5-7H,2-3H2,1H3/t5-,6-,7-/m0/s1. The van der Waals surface area contributed by atoms with E-state index in [0.717, 1.165) is 0 Å². The number of rotatable bonds is 2. The molecule has 1 aliphatic heterocycles. The molecule has 0 aromatic carbocycles. The lowest BCUT2D eigenvalue weighted by Gasteiger charge is -2.02. The number of ketones is 1. The Morgan fingerprint density at radius 2 is 2.50 bits per heavy atom. The van der Waals surface area contributed by atoms with Crippen LogP contribution in [0, 0.1) is 11.8 Å². The Morgan fingerprint density at radius 3 is 3.00 bits per heavy atom. The molecule has 0 unspecified atom stereocenters. The van der Waals surface area contributed by atoms with Gasteiger partial charge in [0, 0.05) is 0 Å². The van der Waals surface area contributed by atoms with Crippen molar-refractivity contribution in [2.45, 2.75) is 13.0 Å². The van der Waals surface area contributed by atoms with Crippen molar-refractivity contribution >= 4 is 11.8 Å². The van der Waals surface area contributed by atoms with Crippen LogP contribution < -0.4 is 0 Å². The second-order valence-corrected chi connectivity index (χ2v) is 3.05. The van der Waals surface area contributed by atoms with Crippen LogP contribution in [0.3, 0.4) is 0 Å². The first-order chi connectivity index (χ1) is 5.75. The van der Waals surface area contributed by atoms with E-state index in [-0.39, 0.29) is 36.3 Å². The minimum Gasteiger partial charge on any atom is -0.466 e. The molecule has 0 aromatic heterocycles. The number of carbonyl (C=O) groups is 2. The van der Waals surface area contributed by atoms with Gasteiger partial charge in [-0.3, -0.25) is 9.59 Å². The number of hydrogen-bond donors (Lipinski definition) is 0. The van der Waals surface area contributed by atoms with Crippen LogP contribution in [0.1, 0.15) is 6.92 Å². The fourth-order valence-corrected chi connectivity index (χ4v) is 1.67. The monoisotopic (exact) mass is 170 g/mol. The Labute approximate surface area is 69.8 Å². The van der Waals surface area contributed by atoms with Crippen LogP contribution in [0.25, 0.3) is 0 Å². The summed E-state index contributed by atoms with van der Waals surface area (Å²) in [7, 11) is 0. The molecular weight excluding hydrogens is 160 g/mol. The number of Topliss-reactive ketones (excluding diaryl/α,β-unsaturated/α-hetero) is 1. The summed E-state index contributed by atoms with van der Waals surface area (Å²) in [6, 6.07) is 0. The average molecular weight is 170 g/mol. The quantitative estimate of drug-likeness (QED) is 0.537. The lowest BCUT2D eigenvalue weighted by Crippen LogP contribution is -2.16. The minimum absolute atomic E-state index is 0.0399. The Morgan fingerprint density at radius 1 is 1.75 bits per heavy atom. The van der Waals surface area contributed by atoms with Crippen LogP contribution in [-0.4, -0.2) is 31.1 Å². The Kier molecular flexibility index (Phi) is 1.65. The van der Waals surface area contributed by atoms with Crippen LogP contribution in [0.2, 0.25) is 0 Å². The lowest BCUT2D eigenvalue weighted by atomic mass is 10.2. The molecule has 4 heteroatoms. The zero-order valence-electron chi connectivity index (χ0n) is 6.78. The van der Waals surface area contributed by atoms with E-state index in [0.29, 0.717) is 6.61 Å². The van der Waals surface area contributed by atoms with Crippen molar-refractivity contribution in [1.82, 2.24) is 0 Å². The van der Waals surface area contributed by atoms with Crippen molar-refractivity contribution in [3.63, 3.8) is 0 Å². The molecule has 2 aliphatic rings. The third-order valence-corrected chi connectivity index (χ3v) is 2.30. The molecule has 1 heterocycles. The van der Waals surface area contributed by atoms with Crippen LogP contribution in [0.4, 0.5) is 0 Å². The van der Waals surface area contributed by atoms with Crippen molar-refractivity contribution in [3.05, 3.63) is 0 Å². The van der Waals surface area contributed by atoms with E-state index in [1.54, 1.807) is 6.92 Å². The lowest BCUT2D eigenvalue weighted by molar-refractivity contribution is -0.147. The molecular formula is C8H10O4. The van der Waals surface area contributed by atoms with Gasteiger partial charge in [-0.15, -0.1) is 0 Å². The van der Waals surface area contributed by atoms with E-state index in [1.165, 1.54) is 0 Å². The molecule has 0 aromatic rings. The van der Waals surface area contributed by atoms with Crippen LogP contribution in [0.5, 0.6) is 0 Å². The molecule has 1 saturated heterocycles. The third kappa shape index (κ3) is 0.948. The van der Waals surface area contributed by atoms with Crippen molar-refractivity contribution in [1.29, 1.82) is 0 Å². The molecule has 1 aliphatic carbocycles. The average Bonchev–Trinajstić information content (AvgIpc) is 2.65. The molecule has 2 rings (SSSR count). The second-order valence-electron chi connectivity index (χ2n) is 3.05. The van der Waals surface area contributed by atoms with Crippen molar-refractivity contribution in [3.8, 4) is 0 Å². The first-order valence-electron chi connectivity index (χ1n) is 4.06. The summed E-state index contributed by atoms with van der Waals surface area (Å²) >= 11 is 0. The van der Waals surface area contributed by atoms with Crippen molar-refractivity contribution < 1.29 is 19.1 Å². The van der Waals surface area contributed by atoms with Crippen molar-refractivity contribution in [2.75, 3.05) is 13.2 Å². The highest BCUT2D eigenvalue weighted by molar-refractivity contribution is 5.95. The van der Waals surface area contributed by atoms with Gasteiger partial charge in [-0.2, -0.15) is 0 Å². The molecule has 4 nitrogen and oxygen atoms in total. The molecule has 2 fully saturated rings. The molecule has 0 bridgehead atoms.